The molecule has 3 N–H and O–H groups in total. The van der Waals surface area contributed by atoms with Crippen LogP contribution in [0.2, 0.25) is 0 Å². The normalized spacial score (nSPS) is 11.7. The van der Waals surface area contributed by atoms with Crippen molar-refractivity contribution < 1.29 is 4.39 Å². The van der Waals surface area contributed by atoms with Gasteiger partial charge < -0.3 is 10.3 Å². The topological polar surface area (TPSA) is 95.2 Å². The Hall–Kier alpha value is -5.21. The van der Waals surface area contributed by atoms with E-state index in [2.05, 4.69) is 55.2 Å². The first-order valence-electron chi connectivity index (χ1n) is 13.3. The van der Waals surface area contributed by atoms with Gasteiger partial charge in [-0.2, -0.15) is 5.10 Å². The Kier molecular flexibility index (Phi) is 7.30. The first-order valence-corrected chi connectivity index (χ1v) is 13.3. The molecule has 4 aromatic heterocycles. The van der Waals surface area contributed by atoms with Gasteiger partial charge in [-0.3, -0.25) is 10.1 Å². The lowest BCUT2D eigenvalue weighted by molar-refractivity contribution is 0.627. The molecule has 41 heavy (non-hydrogen) atoms. The summed E-state index contributed by atoms with van der Waals surface area (Å²) in [5.74, 6) is 0.303. The van der Waals surface area contributed by atoms with Gasteiger partial charge in [0.25, 0.3) is 0 Å². The molecule has 0 amide bonds. The fourth-order valence-corrected chi connectivity index (χ4v) is 4.85. The maximum atomic E-state index is 14.0. The van der Waals surface area contributed by atoms with E-state index >= 15 is 0 Å². The van der Waals surface area contributed by atoms with Crippen molar-refractivity contribution in [1.29, 1.82) is 0 Å². The molecule has 0 aliphatic carbocycles. The Morgan fingerprint density at radius 2 is 1.78 bits per heavy atom. The van der Waals surface area contributed by atoms with E-state index in [1.165, 1.54) is 17.7 Å². The van der Waals surface area contributed by atoms with Crippen LogP contribution in [0.25, 0.3) is 39.3 Å². The monoisotopic (exact) mass is 541 g/mol. The lowest BCUT2D eigenvalue weighted by Gasteiger charge is -2.07. The van der Waals surface area contributed by atoms with Crippen LogP contribution >= 0.6 is 0 Å². The number of aromatic amines is 2. The van der Waals surface area contributed by atoms with Crippen molar-refractivity contribution in [2.45, 2.75) is 20.0 Å². The number of aryl methyl sites for hydroxylation is 1. The van der Waals surface area contributed by atoms with Crippen LogP contribution in [-0.4, -0.2) is 30.1 Å². The molecule has 4 heterocycles. The smallest absolute Gasteiger partial charge is 0.181 e. The van der Waals surface area contributed by atoms with Crippen molar-refractivity contribution in [1.82, 2.24) is 35.5 Å². The Morgan fingerprint density at radius 3 is 2.61 bits per heavy atom. The molecule has 2 aromatic carbocycles. The highest BCUT2D eigenvalue weighted by Crippen LogP contribution is 2.31. The molecule has 8 heteroatoms. The van der Waals surface area contributed by atoms with Gasteiger partial charge in [-0.1, -0.05) is 61.2 Å². The summed E-state index contributed by atoms with van der Waals surface area (Å²) in [6, 6.07) is 20.9. The average Bonchev–Trinajstić information content (AvgIpc) is 3.59. The number of nitrogens with one attached hydrogen (secondary N) is 3. The zero-order valence-corrected chi connectivity index (χ0v) is 22.5. The zero-order chi connectivity index (χ0) is 28.2. The van der Waals surface area contributed by atoms with Crippen LogP contribution in [0.3, 0.4) is 0 Å². The number of pyridine rings is 2. The third-order valence-electron chi connectivity index (χ3n) is 6.84. The summed E-state index contributed by atoms with van der Waals surface area (Å²) < 4.78 is 14.0. The number of nitrogens with zero attached hydrogens (tertiary/aromatic N) is 4. The molecule has 0 aliphatic rings. The first kappa shape index (κ1) is 26.0. The van der Waals surface area contributed by atoms with Crippen LogP contribution in [0.4, 0.5) is 4.39 Å². The number of benzene rings is 2. The Bertz CT molecular complexity index is 1870. The molecular formula is C33H28FN7. The minimum Gasteiger partial charge on any atom is -0.340 e. The van der Waals surface area contributed by atoms with E-state index in [9.17, 15) is 4.39 Å². The van der Waals surface area contributed by atoms with Gasteiger partial charge in [0.1, 0.15) is 11.5 Å². The minimum atomic E-state index is -0.311. The van der Waals surface area contributed by atoms with E-state index < -0.39 is 0 Å². The van der Waals surface area contributed by atoms with Crippen LogP contribution in [0, 0.1) is 12.7 Å². The SMILES string of the molecule is C=C/C=C(/c1cccc(F)c1)c1nc(-c2[nH]nc3ncc(-c4cncc(CNCc5ccccc5)c4)cc23)[nH]c1C. The third-order valence-corrected chi connectivity index (χ3v) is 6.84. The number of hydrogen-bond acceptors (Lipinski definition) is 5. The largest absolute Gasteiger partial charge is 0.340 e. The predicted octanol–water partition coefficient (Wildman–Crippen LogP) is 6.77. The molecule has 0 spiro atoms. The lowest BCUT2D eigenvalue weighted by Crippen LogP contribution is -2.12. The molecule has 0 saturated heterocycles. The van der Waals surface area contributed by atoms with Gasteiger partial charge in [0.15, 0.2) is 11.5 Å². The number of hydrogen-bond donors (Lipinski definition) is 3. The summed E-state index contributed by atoms with van der Waals surface area (Å²) in [6.07, 6.45) is 9.02. The minimum absolute atomic E-state index is 0.311. The lowest BCUT2D eigenvalue weighted by atomic mass is 10.0. The van der Waals surface area contributed by atoms with E-state index in [0.717, 1.165) is 51.1 Å². The van der Waals surface area contributed by atoms with Gasteiger partial charge in [0.2, 0.25) is 0 Å². The van der Waals surface area contributed by atoms with E-state index in [0.29, 0.717) is 23.7 Å². The fraction of sp³-hybridized carbons (Fsp3) is 0.0909. The number of fused-ring (bicyclic) bond motifs is 1. The maximum absolute atomic E-state index is 14.0. The van der Waals surface area contributed by atoms with E-state index in [1.54, 1.807) is 18.3 Å². The summed E-state index contributed by atoms with van der Waals surface area (Å²) in [5.41, 5.74) is 8.53. The molecule has 0 fully saturated rings. The van der Waals surface area contributed by atoms with Gasteiger partial charge >= 0.3 is 0 Å². The predicted molar refractivity (Wildman–Crippen MR) is 160 cm³/mol. The van der Waals surface area contributed by atoms with Gasteiger partial charge in [-0.25, -0.2) is 14.4 Å². The van der Waals surface area contributed by atoms with Crippen LogP contribution in [-0.2, 0) is 13.1 Å². The van der Waals surface area contributed by atoms with Crippen LogP contribution in [0.5, 0.6) is 0 Å². The number of aromatic nitrogens is 6. The number of H-pyrrole nitrogens is 2. The summed E-state index contributed by atoms with van der Waals surface area (Å²) >= 11 is 0. The molecule has 0 radical (unpaired) electrons. The third kappa shape index (κ3) is 5.59. The Morgan fingerprint density at radius 1 is 0.951 bits per heavy atom. The van der Waals surface area contributed by atoms with Crippen molar-refractivity contribution in [2.24, 2.45) is 0 Å². The van der Waals surface area contributed by atoms with Crippen molar-refractivity contribution in [3.05, 3.63) is 138 Å². The number of rotatable bonds is 9. The van der Waals surface area contributed by atoms with E-state index in [1.807, 2.05) is 55.7 Å². The first-order chi connectivity index (χ1) is 20.1. The molecule has 202 valence electrons. The van der Waals surface area contributed by atoms with Gasteiger partial charge in [0, 0.05) is 54.1 Å². The summed E-state index contributed by atoms with van der Waals surface area (Å²) in [7, 11) is 0. The fourth-order valence-electron chi connectivity index (χ4n) is 4.85. The molecule has 7 nitrogen and oxygen atoms in total. The molecule has 0 bridgehead atoms. The zero-order valence-electron chi connectivity index (χ0n) is 22.5. The van der Waals surface area contributed by atoms with Crippen molar-refractivity contribution in [3.63, 3.8) is 0 Å². The van der Waals surface area contributed by atoms with Crippen LogP contribution in [0.1, 0.15) is 28.1 Å². The summed E-state index contributed by atoms with van der Waals surface area (Å²) in [4.78, 5) is 17.3. The van der Waals surface area contributed by atoms with Crippen molar-refractivity contribution in [3.8, 4) is 22.6 Å². The second-order valence-corrected chi connectivity index (χ2v) is 9.75. The molecule has 6 rings (SSSR count). The van der Waals surface area contributed by atoms with Crippen LogP contribution in [0.15, 0.2) is 104 Å². The summed E-state index contributed by atoms with van der Waals surface area (Å²) in [5, 5.41) is 11.8. The molecule has 0 unspecified atom stereocenters. The molecule has 0 saturated carbocycles. The number of allylic oxidation sites excluding steroid dienone is 2. The highest BCUT2D eigenvalue weighted by Gasteiger charge is 2.18. The molecular weight excluding hydrogens is 513 g/mol. The van der Waals surface area contributed by atoms with Crippen LogP contribution < -0.4 is 5.32 Å². The average molecular weight is 542 g/mol. The molecule has 0 aliphatic heterocycles. The Labute approximate surface area is 236 Å². The molecule has 0 atom stereocenters. The van der Waals surface area contributed by atoms with Gasteiger partial charge in [-0.05, 0) is 47.9 Å². The van der Waals surface area contributed by atoms with E-state index in [4.69, 9.17) is 4.98 Å². The van der Waals surface area contributed by atoms with Crippen molar-refractivity contribution in [2.75, 3.05) is 0 Å². The number of imidazole rings is 1. The highest BCUT2D eigenvalue weighted by atomic mass is 19.1. The second-order valence-electron chi connectivity index (χ2n) is 9.75. The molecule has 6 aromatic rings. The highest BCUT2D eigenvalue weighted by molar-refractivity contribution is 5.92. The quantitative estimate of drug-likeness (QED) is 0.176. The Balaban J connectivity index is 1.29. The van der Waals surface area contributed by atoms with Gasteiger partial charge in [0.05, 0.1) is 11.1 Å². The van der Waals surface area contributed by atoms with Gasteiger partial charge in [-0.15, -0.1) is 0 Å². The maximum Gasteiger partial charge on any atom is 0.181 e. The number of halogens is 1. The van der Waals surface area contributed by atoms with E-state index in [-0.39, 0.29) is 5.82 Å². The summed E-state index contributed by atoms with van der Waals surface area (Å²) in [6.45, 7) is 7.25. The second kappa shape index (κ2) is 11.5. The van der Waals surface area contributed by atoms with Crippen molar-refractivity contribution >= 4 is 16.6 Å². The standard InChI is InChI=1S/C33H28FN7/c1-3-8-28(24-11-7-12-27(34)14-24)30-21(2)38-33(39-30)31-29-15-26(20-37-32(29)41-40-31)25-13-23(18-36-19-25)17-35-16-22-9-5-4-6-10-22/h3-15,18-20,35H,1,16-17H2,2H3,(H,38,39)(H,37,40,41)/b28-8-.